The first-order valence-electron chi connectivity index (χ1n) is 10.5. The number of hydrogen-bond donors (Lipinski definition) is 2. The number of thiocarbonyl (C=S) groups is 1. The molecule has 0 aliphatic carbocycles. The minimum atomic E-state index is -0.645. The molecule has 2 aromatic rings. The average Bonchev–Trinajstić information content (AvgIpc) is 2.97. The highest BCUT2D eigenvalue weighted by molar-refractivity contribution is 7.80. The predicted octanol–water partition coefficient (Wildman–Crippen LogP) is 4.26. The molecule has 168 valence electrons. The first-order valence-corrected chi connectivity index (χ1v) is 10.9. The van der Waals surface area contributed by atoms with Gasteiger partial charge in [0.1, 0.15) is 11.6 Å². The molecule has 3 rings (SSSR count). The van der Waals surface area contributed by atoms with Crippen LogP contribution in [0.5, 0.6) is 0 Å². The second-order valence-corrected chi connectivity index (χ2v) is 9.11. The molecule has 0 bridgehead atoms. The highest BCUT2D eigenvalue weighted by Gasteiger charge is 2.52. The summed E-state index contributed by atoms with van der Waals surface area (Å²) in [4.78, 5) is 12.6. The molecule has 0 radical (unpaired) electrons. The SMILES string of the molecule is CC1(C)OB(C(=Cc2ccccc2C(N)=S)CNC(=O)OCc2ccccc2)OC1(C)C. The van der Waals surface area contributed by atoms with Gasteiger partial charge in [0.2, 0.25) is 0 Å². The zero-order valence-corrected chi connectivity index (χ0v) is 19.7. The largest absolute Gasteiger partial charge is 0.492 e. The highest BCUT2D eigenvalue weighted by Crippen LogP contribution is 2.38. The number of carbonyl (C=O) groups is 1. The summed E-state index contributed by atoms with van der Waals surface area (Å²) >= 11 is 5.19. The number of benzene rings is 2. The van der Waals surface area contributed by atoms with E-state index in [4.69, 9.17) is 32.0 Å². The van der Waals surface area contributed by atoms with Crippen molar-refractivity contribution in [3.63, 3.8) is 0 Å². The zero-order chi connectivity index (χ0) is 23.4. The van der Waals surface area contributed by atoms with Gasteiger partial charge in [-0.15, -0.1) is 0 Å². The molecular weight excluding hydrogens is 423 g/mol. The van der Waals surface area contributed by atoms with Gasteiger partial charge in [0.05, 0.1) is 11.2 Å². The number of carbonyl (C=O) groups excluding carboxylic acids is 1. The molecule has 3 N–H and O–H groups in total. The summed E-state index contributed by atoms with van der Waals surface area (Å²) in [6.45, 7) is 8.29. The molecule has 1 saturated heterocycles. The van der Waals surface area contributed by atoms with Crippen LogP contribution in [-0.4, -0.2) is 35.9 Å². The monoisotopic (exact) mass is 452 g/mol. The van der Waals surface area contributed by atoms with Crippen LogP contribution in [-0.2, 0) is 20.7 Å². The Balaban J connectivity index is 1.79. The van der Waals surface area contributed by atoms with Gasteiger partial charge in [-0.25, -0.2) is 4.79 Å². The lowest BCUT2D eigenvalue weighted by atomic mass is 9.76. The third-order valence-corrected chi connectivity index (χ3v) is 5.99. The first kappa shape index (κ1) is 24.0. The molecule has 8 heteroatoms. The molecule has 0 saturated carbocycles. The fourth-order valence-corrected chi connectivity index (χ4v) is 3.38. The molecule has 6 nitrogen and oxygen atoms in total. The number of amides is 1. The molecule has 0 aromatic heterocycles. The van der Waals surface area contributed by atoms with Gasteiger partial charge in [-0.3, -0.25) is 0 Å². The third kappa shape index (κ3) is 5.76. The molecule has 1 fully saturated rings. The number of alkyl carbamates (subject to hydrolysis) is 1. The Morgan fingerprint density at radius 2 is 1.66 bits per heavy atom. The molecule has 1 heterocycles. The highest BCUT2D eigenvalue weighted by atomic mass is 32.1. The lowest BCUT2D eigenvalue weighted by molar-refractivity contribution is 0.00578. The van der Waals surface area contributed by atoms with Crippen molar-refractivity contribution < 1.29 is 18.8 Å². The van der Waals surface area contributed by atoms with Gasteiger partial charge in [-0.05, 0) is 44.3 Å². The summed E-state index contributed by atoms with van der Waals surface area (Å²) in [5.41, 5.74) is 8.06. The maximum absolute atomic E-state index is 12.3. The first-order chi connectivity index (χ1) is 15.1. The van der Waals surface area contributed by atoms with Crippen LogP contribution in [0.4, 0.5) is 4.79 Å². The topological polar surface area (TPSA) is 82.8 Å². The summed E-state index contributed by atoms with van der Waals surface area (Å²) in [6.07, 6.45) is 1.37. The molecule has 32 heavy (non-hydrogen) atoms. The van der Waals surface area contributed by atoms with E-state index in [0.29, 0.717) is 4.99 Å². The fourth-order valence-electron chi connectivity index (χ4n) is 3.19. The minimum absolute atomic E-state index is 0.177. The Hall–Kier alpha value is -2.68. The van der Waals surface area contributed by atoms with Crippen LogP contribution in [0.2, 0.25) is 0 Å². The van der Waals surface area contributed by atoms with Crippen molar-refractivity contribution in [3.8, 4) is 0 Å². The van der Waals surface area contributed by atoms with Crippen molar-refractivity contribution >= 4 is 36.5 Å². The van der Waals surface area contributed by atoms with Gasteiger partial charge in [-0.1, -0.05) is 72.9 Å². The molecule has 0 atom stereocenters. The molecule has 2 aromatic carbocycles. The number of rotatable bonds is 7. The van der Waals surface area contributed by atoms with E-state index in [-0.39, 0.29) is 13.2 Å². The van der Waals surface area contributed by atoms with Crippen LogP contribution >= 0.6 is 12.2 Å². The predicted molar refractivity (Wildman–Crippen MR) is 131 cm³/mol. The van der Waals surface area contributed by atoms with Crippen molar-refractivity contribution in [2.45, 2.75) is 45.5 Å². The zero-order valence-electron chi connectivity index (χ0n) is 18.9. The third-order valence-electron chi connectivity index (χ3n) is 5.77. The quantitative estimate of drug-likeness (QED) is 0.483. The van der Waals surface area contributed by atoms with Crippen LogP contribution in [0.3, 0.4) is 0 Å². The number of hydrogen-bond acceptors (Lipinski definition) is 5. The summed E-state index contributed by atoms with van der Waals surface area (Å²) in [6, 6.07) is 17.0. The maximum atomic E-state index is 12.3. The van der Waals surface area contributed by atoms with Crippen molar-refractivity contribution in [2.75, 3.05) is 6.54 Å². The Morgan fingerprint density at radius 1 is 1.06 bits per heavy atom. The van der Waals surface area contributed by atoms with Crippen molar-refractivity contribution in [3.05, 3.63) is 76.8 Å². The van der Waals surface area contributed by atoms with E-state index in [1.54, 1.807) is 0 Å². The smallest absolute Gasteiger partial charge is 0.445 e. The number of nitrogens with one attached hydrogen (secondary N) is 1. The van der Waals surface area contributed by atoms with Crippen LogP contribution < -0.4 is 11.1 Å². The van der Waals surface area contributed by atoms with Crippen LogP contribution in [0.25, 0.3) is 6.08 Å². The van der Waals surface area contributed by atoms with E-state index in [1.807, 2.05) is 88.4 Å². The van der Waals surface area contributed by atoms with Crippen LogP contribution in [0.15, 0.2) is 60.1 Å². The van der Waals surface area contributed by atoms with Crippen molar-refractivity contribution in [1.82, 2.24) is 5.32 Å². The van der Waals surface area contributed by atoms with Gasteiger partial charge in [0.25, 0.3) is 0 Å². The van der Waals surface area contributed by atoms with E-state index in [1.165, 1.54) is 0 Å². The molecule has 0 spiro atoms. The van der Waals surface area contributed by atoms with Crippen LogP contribution in [0.1, 0.15) is 44.4 Å². The fraction of sp³-hybridized carbons (Fsp3) is 0.333. The minimum Gasteiger partial charge on any atom is -0.445 e. The normalized spacial score (nSPS) is 17.1. The van der Waals surface area contributed by atoms with Gasteiger partial charge in [0, 0.05) is 12.1 Å². The summed E-state index contributed by atoms with van der Waals surface area (Å²) < 4.78 is 17.8. The summed E-state index contributed by atoms with van der Waals surface area (Å²) in [5.74, 6) is 0. The lowest BCUT2D eigenvalue weighted by Gasteiger charge is -2.32. The second-order valence-electron chi connectivity index (χ2n) is 8.67. The van der Waals surface area contributed by atoms with E-state index >= 15 is 0 Å². The molecule has 1 amide bonds. The Kier molecular flexibility index (Phi) is 7.38. The standard InChI is InChI=1S/C24H29BN2O4S/c1-23(2)24(3,4)31-25(30-23)19(14-18-12-8-9-13-20(18)21(26)32)15-27-22(28)29-16-17-10-6-5-7-11-17/h5-14H,15-16H2,1-4H3,(H2,26,32)(H,27,28). The van der Waals surface area contributed by atoms with Crippen molar-refractivity contribution in [2.24, 2.45) is 5.73 Å². The molecule has 1 aliphatic rings. The Labute approximate surface area is 195 Å². The van der Waals surface area contributed by atoms with E-state index < -0.39 is 24.4 Å². The maximum Gasteiger partial charge on any atom is 0.492 e. The molecular formula is C24H29BN2O4S. The van der Waals surface area contributed by atoms with Gasteiger partial charge >= 0.3 is 13.2 Å². The summed E-state index contributed by atoms with van der Waals surface area (Å²) in [5, 5.41) is 2.80. The Bertz CT molecular complexity index is 992. The second kappa shape index (κ2) is 9.86. The van der Waals surface area contributed by atoms with Crippen molar-refractivity contribution in [1.29, 1.82) is 0 Å². The number of ether oxygens (including phenoxy) is 1. The average molecular weight is 452 g/mol. The van der Waals surface area contributed by atoms with Gasteiger partial charge in [-0.2, -0.15) is 0 Å². The van der Waals surface area contributed by atoms with Crippen LogP contribution in [0, 0.1) is 0 Å². The molecule has 0 unspecified atom stereocenters. The van der Waals surface area contributed by atoms with Gasteiger partial charge < -0.3 is 25.1 Å². The van der Waals surface area contributed by atoms with E-state index in [9.17, 15) is 4.79 Å². The lowest BCUT2D eigenvalue weighted by Crippen LogP contribution is -2.41. The molecule has 1 aliphatic heterocycles. The number of nitrogens with two attached hydrogens (primary N) is 1. The van der Waals surface area contributed by atoms with E-state index in [2.05, 4.69) is 5.32 Å². The Morgan fingerprint density at radius 3 is 2.28 bits per heavy atom. The summed E-state index contributed by atoms with van der Waals surface area (Å²) in [7, 11) is -0.645. The van der Waals surface area contributed by atoms with Gasteiger partial charge in [0.15, 0.2) is 0 Å². The van der Waals surface area contributed by atoms with E-state index in [0.717, 1.165) is 22.2 Å².